The number of hydrogen-bond donors (Lipinski definition) is 0. The fraction of sp³-hybridized carbons (Fsp3) is 0.895. The number of rotatable bonds is 5. The molecule has 136 valence electrons. The molecule has 0 aromatic heterocycles. The van der Waals surface area contributed by atoms with Crippen LogP contribution < -0.4 is 0 Å². The van der Waals surface area contributed by atoms with Gasteiger partial charge in [-0.25, -0.2) is 0 Å². The van der Waals surface area contributed by atoms with Crippen LogP contribution in [0.25, 0.3) is 0 Å². The van der Waals surface area contributed by atoms with E-state index >= 15 is 0 Å². The molecule has 1 saturated carbocycles. The maximum absolute atomic E-state index is 6.84. The van der Waals surface area contributed by atoms with Crippen molar-refractivity contribution in [1.82, 2.24) is 0 Å². The zero-order chi connectivity index (χ0) is 18.1. The van der Waals surface area contributed by atoms with Crippen LogP contribution in [0.3, 0.4) is 0 Å². The van der Waals surface area contributed by atoms with Crippen LogP contribution in [0, 0.1) is 5.92 Å². The summed E-state index contributed by atoms with van der Waals surface area (Å²) in [7, 11) is -3.33. The summed E-state index contributed by atoms with van der Waals surface area (Å²) < 4.78 is 13.2. The summed E-state index contributed by atoms with van der Waals surface area (Å²) in [6.45, 7) is 23.0. The van der Waals surface area contributed by atoms with E-state index in [2.05, 4.69) is 67.4 Å². The van der Waals surface area contributed by atoms with E-state index < -0.39 is 16.6 Å². The van der Waals surface area contributed by atoms with Gasteiger partial charge in [0.05, 0.1) is 11.9 Å². The van der Waals surface area contributed by atoms with E-state index in [4.69, 9.17) is 8.85 Å². The molecule has 1 aliphatic rings. The summed E-state index contributed by atoms with van der Waals surface area (Å²) in [5.74, 6) is 1.80. The van der Waals surface area contributed by atoms with E-state index in [1.807, 2.05) is 0 Å². The molecule has 0 spiro atoms. The van der Waals surface area contributed by atoms with Crippen molar-refractivity contribution < 1.29 is 8.85 Å². The average molecular weight is 357 g/mol. The second-order valence-electron chi connectivity index (χ2n) is 9.63. The largest absolute Gasteiger partial charge is 0.547 e. The summed E-state index contributed by atoms with van der Waals surface area (Å²) in [6, 6.07) is 0. The Balaban J connectivity index is 3.14. The van der Waals surface area contributed by atoms with Gasteiger partial charge in [-0.05, 0) is 81.9 Å². The molecule has 0 heterocycles. The average Bonchev–Trinajstić information content (AvgIpc) is 2.34. The molecule has 0 N–H and O–H groups in total. The normalized spacial score (nSPS) is 26.2. The highest BCUT2D eigenvalue weighted by Crippen LogP contribution is 2.43. The van der Waals surface area contributed by atoms with Crippen LogP contribution in [0.4, 0.5) is 0 Å². The molecule has 0 aromatic carbocycles. The number of allylic oxidation sites excluding steroid dienone is 1. The molecule has 2 atom stereocenters. The van der Waals surface area contributed by atoms with E-state index in [0.717, 1.165) is 6.42 Å². The Morgan fingerprint density at radius 3 is 2.09 bits per heavy atom. The Morgan fingerprint density at radius 2 is 1.65 bits per heavy atom. The highest BCUT2D eigenvalue weighted by Gasteiger charge is 2.42. The third-order valence-corrected chi connectivity index (χ3v) is 10.8. The molecular formula is C19H40O2Si2. The molecular weight excluding hydrogens is 316 g/mol. The molecule has 0 unspecified atom stereocenters. The van der Waals surface area contributed by atoms with Crippen molar-refractivity contribution in [1.29, 1.82) is 0 Å². The Bertz CT molecular complexity index is 428. The molecule has 0 radical (unpaired) electrons. The minimum atomic E-state index is -1.76. The van der Waals surface area contributed by atoms with E-state index in [1.54, 1.807) is 0 Å². The van der Waals surface area contributed by atoms with Gasteiger partial charge in [0.25, 0.3) is 0 Å². The van der Waals surface area contributed by atoms with Crippen molar-refractivity contribution in [3.05, 3.63) is 11.3 Å². The van der Waals surface area contributed by atoms with Gasteiger partial charge in [0.2, 0.25) is 8.32 Å². The van der Waals surface area contributed by atoms with Crippen molar-refractivity contribution in [2.24, 2.45) is 5.92 Å². The maximum atomic E-state index is 6.84. The molecule has 1 aliphatic carbocycles. The molecule has 1 rings (SSSR count). The summed E-state index contributed by atoms with van der Waals surface area (Å²) in [6.07, 6.45) is 5.19. The van der Waals surface area contributed by atoms with Gasteiger partial charge >= 0.3 is 0 Å². The molecule has 0 saturated heterocycles. The van der Waals surface area contributed by atoms with Gasteiger partial charge in [0.1, 0.15) is 0 Å². The summed E-state index contributed by atoms with van der Waals surface area (Å²) >= 11 is 0. The second-order valence-corrected chi connectivity index (χ2v) is 18.8. The highest BCUT2D eigenvalue weighted by atomic mass is 28.4. The van der Waals surface area contributed by atoms with Gasteiger partial charge < -0.3 is 8.85 Å². The highest BCUT2D eigenvalue weighted by molar-refractivity contribution is 6.74. The number of hydrogen-bond acceptors (Lipinski definition) is 2. The molecule has 0 bridgehead atoms. The Morgan fingerprint density at radius 1 is 1.09 bits per heavy atom. The van der Waals surface area contributed by atoms with Crippen LogP contribution in [0.5, 0.6) is 0 Å². The third kappa shape index (κ3) is 5.75. The first kappa shape index (κ1) is 21.0. The lowest BCUT2D eigenvalue weighted by Gasteiger charge is -2.43. The van der Waals surface area contributed by atoms with Gasteiger partial charge in [-0.1, -0.05) is 27.7 Å². The van der Waals surface area contributed by atoms with Crippen molar-refractivity contribution in [3.63, 3.8) is 0 Å². The molecule has 0 aliphatic heterocycles. The SMILES string of the molecule is CC[C@H]1CCC[C@H](O[Si](C)(C)C(C)(C)C)/C1=C(\C)O[Si](C)(C)C. The predicted molar refractivity (Wildman–Crippen MR) is 107 cm³/mol. The maximum Gasteiger partial charge on any atom is 0.241 e. The third-order valence-electron chi connectivity index (χ3n) is 5.41. The summed E-state index contributed by atoms with van der Waals surface area (Å²) in [5.41, 5.74) is 1.48. The van der Waals surface area contributed by atoms with Crippen molar-refractivity contribution >= 4 is 16.6 Å². The van der Waals surface area contributed by atoms with Crippen molar-refractivity contribution in [2.75, 3.05) is 0 Å². The lowest BCUT2D eigenvalue weighted by molar-refractivity contribution is 0.156. The molecule has 0 aromatic rings. The van der Waals surface area contributed by atoms with E-state index in [9.17, 15) is 0 Å². The lowest BCUT2D eigenvalue weighted by atomic mass is 9.80. The summed E-state index contributed by atoms with van der Waals surface area (Å²) in [4.78, 5) is 0. The van der Waals surface area contributed by atoms with Gasteiger partial charge in [0.15, 0.2) is 8.32 Å². The monoisotopic (exact) mass is 356 g/mol. The minimum Gasteiger partial charge on any atom is -0.547 e. The fourth-order valence-electron chi connectivity index (χ4n) is 3.23. The Labute approximate surface area is 147 Å². The van der Waals surface area contributed by atoms with Crippen molar-refractivity contribution in [3.8, 4) is 0 Å². The molecule has 4 heteroatoms. The van der Waals surface area contributed by atoms with Crippen LogP contribution in [0.1, 0.15) is 60.3 Å². The van der Waals surface area contributed by atoms with Crippen molar-refractivity contribution in [2.45, 2.75) is 104 Å². The molecule has 23 heavy (non-hydrogen) atoms. The first-order valence-electron chi connectivity index (χ1n) is 9.36. The van der Waals surface area contributed by atoms with Gasteiger partial charge in [-0.15, -0.1) is 0 Å². The van der Waals surface area contributed by atoms with Crippen LogP contribution in [0.15, 0.2) is 11.3 Å². The topological polar surface area (TPSA) is 18.5 Å². The first-order chi connectivity index (χ1) is 10.3. The standard InChI is InChI=1S/C19H40O2Si2/c1-11-16-13-12-14-17(21-23(9,10)19(3,4)5)18(16)15(2)20-22(6,7)8/h16-17H,11-14H2,1-10H3/b18-15+/t16-,17-/m0/s1. The van der Waals surface area contributed by atoms with Gasteiger partial charge in [0, 0.05) is 0 Å². The molecule has 0 amide bonds. The van der Waals surface area contributed by atoms with Crippen LogP contribution in [-0.4, -0.2) is 22.7 Å². The second kappa shape index (κ2) is 7.44. The van der Waals surface area contributed by atoms with E-state index in [0.29, 0.717) is 5.92 Å². The zero-order valence-corrected chi connectivity index (χ0v) is 19.3. The molecule has 2 nitrogen and oxygen atoms in total. The quantitative estimate of drug-likeness (QED) is 0.402. The first-order valence-corrected chi connectivity index (χ1v) is 15.7. The molecule has 1 fully saturated rings. The lowest BCUT2D eigenvalue weighted by Crippen LogP contribution is -2.46. The van der Waals surface area contributed by atoms with Crippen LogP contribution >= 0.6 is 0 Å². The predicted octanol–water partition coefficient (Wildman–Crippen LogP) is 6.71. The van der Waals surface area contributed by atoms with Crippen LogP contribution in [0.2, 0.25) is 37.8 Å². The minimum absolute atomic E-state index is 0.255. The Hall–Kier alpha value is -0.0662. The fourth-order valence-corrected chi connectivity index (χ4v) is 5.58. The summed E-state index contributed by atoms with van der Waals surface area (Å²) in [5, 5.41) is 0.255. The van der Waals surface area contributed by atoms with Crippen LogP contribution in [-0.2, 0) is 8.85 Å². The van der Waals surface area contributed by atoms with E-state index in [-0.39, 0.29) is 11.1 Å². The van der Waals surface area contributed by atoms with E-state index in [1.165, 1.54) is 30.6 Å². The van der Waals surface area contributed by atoms with Gasteiger partial charge in [-0.3, -0.25) is 0 Å². The van der Waals surface area contributed by atoms with Gasteiger partial charge in [-0.2, -0.15) is 0 Å². The zero-order valence-electron chi connectivity index (χ0n) is 17.3. The Kier molecular flexibility index (Phi) is 6.79. The smallest absolute Gasteiger partial charge is 0.241 e.